The van der Waals surface area contributed by atoms with Crippen LogP contribution in [0, 0.1) is 0 Å². The van der Waals surface area contributed by atoms with Crippen molar-refractivity contribution in [2.75, 3.05) is 6.54 Å². The average molecular weight is 314 g/mol. The van der Waals surface area contributed by atoms with Crippen molar-refractivity contribution < 1.29 is 9.63 Å². The number of rotatable bonds is 3. The molecule has 2 N–H and O–H groups in total. The number of aliphatic hydroxyl groups excluding tert-OH is 1. The lowest BCUT2D eigenvalue weighted by Gasteiger charge is -2.02. The van der Waals surface area contributed by atoms with Crippen molar-refractivity contribution in [3.8, 4) is 0 Å². The average Bonchev–Trinajstić information content (AvgIpc) is 3.02. The Morgan fingerprint density at radius 3 is 2.95 bits per heavy atom. The van der Waals surface area contributed by atoms with Gasteiger partial charge in [0.25, 0.3) is 0 Å². The quantitative estimate of drug-likeness (QED) is 0.910. The van der Waals surface area contributed by atoms with Gasteiger partial charge in [0.05, 0.1) is 12.1 Å². The minimum absolute atomic E-state index is 0.0769. The lowest BCUT2D eigenvalue weighted by Crippen LogP contribution is -2.15. The van der Waals surface area contributed by atoms with Gasteiger partial charge in [0.2, 0.25) is 5.89 Å². The third kappa shape index (κ3) is 2.96. The fraction of sp³-hybridized carbons (Fsp3) is 0.385. The molecule has 0 saturated carbocycles. The molecule has 0 aliphatic carbocycles. The van der Waals surface area contributed by atoms with Gasteiger partial charge in [-0.15, -0.1) is 0 Å². The minimum Gasteiger partial charge on any atom is -0.392 e. The van der Waals surface area contributed by atoms with Gasteiger partial charge in [-0.1, -0.05) is 34.4 Å². The highest BCUT2D eigenvalue weighted by molar-refractivity contribution is 6.35. The van der Waals surface area contributed by atoms with E-state index in [-0.39, 0.29) is 12.1 Å². The van der Waals surface area contributed by atoms with Crippen LogP contribution in [-0.4, -0.2) is 27.9 Å². The molecule has 0 radical (unpaired) electrons. The molecule has 1 saturated heterocycles. The van der Waals surface area contributed by atoms with Crippen molar-refractivity contribution in [3.05, 3.63) is 45.5 Å². The maximum Gasteiger partial charge on any atom is 0.243 e. The van der Waals surface area contributed by atoms with Crippen molar-refractivity contribution in [1.29, 1.82) is 0 Å². The molecule has 1 aromatic heterocycles. The topological polar surface area (TPSA) is 71.2 Å². The molecular formula is C13H13Cl2N3O2. The zero-order chi connectivity index (χ0) is 14.1. The zero-order valence-corrected chi connectivity index (χ0v) is 12.0. The molecule has 2 aromatic rings. The Kier molecular flexibility index (Phi) is 3.94. The van der Waals surface area contributed by atoms with E-state index in [0.29, 0.717) is 41.1 Å². The molecule has 0 unspecified atom stereocenters. The van der Waals surface area contributed by atoms with E-state index in [9.17, 15) is 5.11 Å². The van der Waals surface area contributed by atoms with Crippen LogP contribution >= 0.6 is 23.2 Å². The van der Waals surface area contributed by atoms with Crippen LogP contribution < -0.4 is 5.32 Å². The maximum atomic E-state index is 9.48. The van der Waals surface area contributed by atoms with Crippen molar-refractivity contribution in [1.82, 2.24) is 15.5 Å². The van der Waals surface area contributed by atoms with Gasteiger partial charge < -0.3 is 14.9 Å². The summed E-state index contributed by atoms with van der Waals surface area (Å²) in [6, 6.07) is 5.23. The van der Waals surface area contributed by atoms with Crippen LogP contribution in [0.4, 0.5) is 0 Å². The Hall–Kier alpha value is -1.14. The molecule has 1 aliphatic rings. The van der Waals surface area contributed by atoms with Gasteiger partial charge in [0.15, 0.2) is 5.82 Å². The Morgan fingerprint density at radius 1 is 1.40 bits per heavy atom. The summed E-state index contributed by atoms with van der Waals surface area (Å²) in [4.78, 5) is 4.34. The number of halogens is 2. The Balaban J connectivity index is 1.74. The number of benzene rings is 1. The van der Waals surface area contributed by atoms with Gasteiger partial charge in [-0.2, -0.15) is 4.98 Å². The summed E-state index contributed by atoms with van der Waals surface area (Å²) in [5.74, 6) is 1.06. The number of hydrogen-bond acceptors (Lipinski definition) is 5. The van der Waals surface area contributed by atoms with Gasteiger partial charge in [-0.05, 0) is 24.1 Å². The van der Waals surface area contributed by atoms with Crippen LogP contribution in [0.25, 0.3) is 0 Å². The standard InChI is InChI=1S/C13H13Cl2N3O2/c14-8-2-1-7(10(15)4-8)3-12-17-13(20-18-12)11-5-9(19)6-16-11/h1-2,4,9,11,16,19H,3,5-6H2/t9-,11-/m1/s1. The molecule has 1 aliphatic heterocycles. The van der Waals surface area contributed by atoms with Gasteiger partial charge in [-0.25, -0.2) is 0 Å². The predicted molar refractivity (Wildman–Crippen MR) is 74.9 cm³/mol. The van der Waals surface area contributed by atoms with Crippen LogP contribution in [0.5, 0.6) is 0 Å². The van der Waals surface area contributed by atoms with Gasteiger partial charge in [0, 0.05) is 23.0 Å². The molecule has 106 valence electrons. The SMILES string of the molecule is O[C@H]1CN[C@@H](c2nc(Cc3ccc(Cl)cc3Cl)no2)C1. The van der Waals surface area contributed by atoms with E-state index in [0.717, 1.165) is 5.56 Å². The third-order valence-electron chi connectivity index (χ3n) is 3.25. The van der Waals surface area contributed by atoms with E-state index in [4.69, 9.17) is 27.7 Å². The van der Waals surface area contributed by atoms with Crippen LogP contribution in [0.2, 0.25) is 10.0 Å². The van der Waals surface area contributed by atoms with Crippen molar-refractivity contribution >= 4 is 23.2 Å². The van der Waals surface area contributed by atoms with E-state index in [2.05, 4.69) is 15.5 Å². The van der Waals surface area contributed by atoms with Crippen molar-refractivity contribution in [2.24, 2.45) is 0 Å². The van der Waals surface area contributed by atoms with Gasteiger partial charge in [0.1, 0.15) is 0 Å². The summed E-state index contributed by atoms with van der Waals surface area (Å²) in [6.45, 7) is 0.547. The lowest BCUT2D eigenvalue weighted by molar-refractivity contribution is 0.191. The van der Waals surface area contributed by atoms with E-state index >= 15 is 0 Å². The molecule has 2 atom stereocenters. The number of nitrogens with one attached hydrogen (secondary N) is 1. The minimum atomic E-state index is -0.360. The summed E-state index contributed by atoms with van der Waals surface area (Å²) in [5.41, 5.74) is 0.892. The second-order valence-electron chi connectivity index (χ2n) is 4.81. The highest BCUT2D eigenvalue weighted by atomic mass is 35.5. The number of β-amino-alcohol motifs (C(OH)–C–C–N with tert-alkyl or cyclic N) is 1. The summed E-state index contributed by atoms with van der Waals surface area (Å²) >= 11 is 12.0. The fourth-order valence-electron chi connectivity index (χ4n) is 2.22. The molecule has 2 heterocycles. The highest BCUT2D eigenvalue weighted by Gasteiger charge is 2.28. The van der Waals surface area contributed by atoms with Crippen molar-refractivity contribution in [3.63, 3.8) is 0 Å². The third-order valence-corrected chi connectivity index (χ3v) is 3.84. The first kappa shape index (κ1) is 13.8. The maximum absolute atomic E-state index is 9.48. The van der Waals surface area contributed by atoms with Crippen LogP contribution in [0.1, 0.15) is 29.7 Å². The smallest absolute Gasteiger partial charge is 0.243 e. The Bertz CT molecular complexity index is 617. The number of nitrogens with zero attached hydrogens (tertiary/aromatic N) is 2. The first-order chi connectivity index (χ1) is 9.61. The number of hydrogen-bond donors (Lipinski definition) is 2. The van der Waals surface area contributed by atoms with Gasteiger partial charge in [-0.3, -0.25) is 0 Å². The predicted octanol–water partition coefficient (Wildman–Crippen LogP) is 2.36. The molecule has 5 nitrogen and oxygen atoms in total. The zero-order valence-electron chi connectivity index (χ0n) is 10.5. The molecule has 3 rings (SSSR count). The van der Waals surface area contributed by atoms with Crippen LogP contribution in [0.3, 0.4) is 0 Å². The van der Waals surface area contributed by atoms with E-state index in [1.165, 1.54) is 0 Å². The first-order valence-electron chi connectivity index (χ1n) is 6.29. The largest absolute Gasteiger partial charge is 0.392 e. The lowest BCUT2D eigenvalue weighted by atomic mass is 10.1. The molecule has 1 fully saturated rings. The second kappa shape index (κ2) is 5.69. The second-order valence-corrected chi connectivity index (χ2v) is 5.66. The van der Waals surface area contributed by atoms with E-state index < -0.39 is 0 Å². The summed E-state index contributed by atoms with van der Waals surface area (Å²) in [7, 11) is 0. The van der Waals surface area contributed by atoms with Gasteiger partial charge >= 0.3 is 0 Å². The highest BCUT2D eigenvalue weighted by Crippen LogP contribution is 2.25. The van der Waals surface area contributed by atoms with E-state index in [1.54, 1.807) is 12.1 Å². The molecule has 7 heteroatoms. The fourth-order valence-corrected chi connectivity index (χ4v) is 2.70. The molecular weight excluding hydrogens is 301 g/mol. The molecule has 0 bridgehead atoms. The molecule has 0 amide bonds. The summed E-state index contributed by atoms with van der Waals surface area (Å²) < 4.78 is 5.23. The van der Waals surface area contributed by atoms with Crippen molar-refractivity contribution in [2.45, 2.75) is 25.0 Å². The Labute approximate surface area is 125 Å². The van der Waals surface area contributed by atoms with Crippen LogP contribution in [0.15, 0.2) is 22.7 Å². The first-order valence-corrected chi connectivity index (χ1v) is 7.05. The summed E-state index contributed by atoms with van der Waals surface area (Å²) in [5, 5.41) is 17.7. The molecule has 0 spiro atoms. The summed E-state index contributed by atoms with van der Waals surface area (Å²) in [6.07, 6.45) is 0.707. The molecule has 1 aromatic carbocycles. The van der Waals surface area contributed by atoms with Crippen LogP contribution in [-0.2, 0) is 6.42 Å². The number of aromatic nitrogens is 2. The molecule has 20 heavy (non-hydrogen) atoms. The van der Waals surface area contributed by atoms with E-state index in [1.807, 2.05) is 6.07 Å². The normalized spacial score (nSPS) is 22.4. The number of aliphatic hydroxyl groups is 1. The Morgan fingerprint density at radius 2 is 2.25 bits per heavy atom. The monoisotopic (exact) mass is 313 g/mol.